The Hall–Kier alpha value is -0.170. The topological polar surface area (TPSA) is 52.7 Å². The van der Waals surface area contributed by atoms with Gasteiger partial charge in [0.2, 0.25) is 0 Å². The maximum Gasteiger partial charge on any atom is 0.281 e. The molecular weight excluding hydrogens is 286 g/mol. The quantitative estimate of drug-likeness (QED) is 0.758. The minimum atomic E-state index is -3.24. The summed E-state index contributed by atoms with van der Waals surface area (Å²) in [6, 6.07) is 0. The van der Waals surface area contributed by atoms with E-state index in [-0.39, 0.29) is 5.41 Å². The first-order valence-electron chi connectivity index (χ1n) is 8.31. The summed E-state index contributed by atoms with van der Waals surface area (Å²) in [6.07, 6.45) is 4.07. The smallest absolute Gasteiger partial charge is 0.281 e. The normalized spacial score (nSPS) is 25.5. The molecule has 0 aliphatic carbocycles. The van der Waals surface area contributed by atoms with E-state index in [1.165, 1.54) is 0 Å². The summed E-state index contributed by atoms with van der Waals surface area (Å²) in [6.45, 7) is 11.2. The van der Waals surface area contributed by atoms with Crippen LogP contribution in [0.15, 0.2) is 0 Å². The van der Waals surface area contributed by atoms with Gasteiger partial charge in [-0.15, -0.1) is 0 Å². The maximum absolute atomic E-state index is 12.7. The Morgan fingerprint density at radius 2 is 1.81 bits per heavy atom. The number of nitrogens with zero attached hydrogens (tertiary/aromatic N) is 2. The lowest BCUT2D eigenvalue weighted by atomic mass is 9.93. The summed E-state index contributed by atoms with van der Waals surface area (Å²) in [5, 5.41) is 3.45. The zero-order valence-electron chi connectivity index (χ0n) is 13.8. The fourth-order valence-electron chi connectivity index (χ4n) is 3.25. The van der Waals surface area contributed by atoms with E-state index in [1.54, 1.807) is 8.61 Å². The number of hydrogen-bond acceptors (Lipinski definition) is 3. The van der Waals surface area contributed by atoms with Gasteiger partial charge in [0.25, 0.3) is 10.2 Å². The largest absolute Gasteiger partial charge is 0.316 e. The molecule has 0 radical (unpaired) electrons. The van der Waals surface area contributed by atoms with Crippen molar-refractivity contribution >= 4 is 10.2 Å². The first-order valence-corrected chi connectivity index (χ1v) is 9.71. The Bertz CT molecular complexity index is 428. The predicted octanol–water partition coefficient (Wildman–Crippen LogP) is 1.67. The average Bonchev–Trinajstić information content (AvgIpc) is 2.81. The van der Waals surface area contributed by atoms with Crippen LogP contribution in [0.4, 0.5) is 0 Å². The van der Waals surface area contributed by atoms with E-state index in [4.69, 9.17) is 0 Å². The first kappa shape index (κ1) is 17.2. The van der Waals surface area contributed by atoms with Crippen molar-refractivity contribution in [2.75, 3.05) is 39.3 Å². The molecular formula is C15H31N3O2S. The van der Waals surface area contributed by atoms with Gasteiger partial charge >= 0.3 is 0 Å². The number of piperidine rings is 1. The molecule has 2 aliphatic heterocycles. The first-order chi connectivity index (χ1) is 9.85. The highest BCUT2D eigenvalue weighted by Crippen LogP contribution is 2.32. The van der Waals surface area contributed by atoms with Crippen molar-refractivity contribution < 1.29 is 8.42 Å². The molecule has 0 amide bonds. The second-order valence-corrected chi connectivity index (χ2v) is 9.23. The lowest BCUT2D eigenvalue weighted by molar-refractivity contribution is 0.251. The number of rotatable bonds is 6. The zero-order valence-corrected chi connectivity index (χ0v) is 14.6. The van der Waals surface area contributed by atoms with Crippen LogP contribution in [0.3, 0.4) is 0 Å². The van der Waals surface area contributed by atoms with Crippen LogP contribution in [0.5, 0.6) is 0 Å². The summed E-state index contributed by atoms with van der Waals surface area (Å²) in [4.78, 5) is 0. The van der Waals surface area contributed by atoms with Gasteiger partial charge in [-0.05, 0) is 50.1 Å². The fraction of sp³-hybridized carbons (Fsp3) is 1.00. The molecule has 2 heterocycles. The van der Waals surface area contributed by atoms with Gasteiger partial charge in [0, 0.05) is 26.2 Å². The van der Waals surface area contributed by atoms with Crippen LogP contribution >= 0.6 is 0 Å². The van der Waals surface area contributed by atoms with Crippen molar-refractivity contribution in [2.24, 2.45) is 11.3 Å². The van der Waals surface area contributed by atoms with Gasteiger partial charge in [-0.1, -0.05) is 20.8 Å². The molecule has 2 rings (SSSR count). The van der Waals surface area contributed by atoms with Crippen LogP contribution in [-0.4, -0.2) is 56.3 Å². The van der Waals surface area contributed by atoms with Crippen LogP contribution in [0, 0.1) is 11.3 Å². The van der Waals surface area contributed by atoms with Crippen LogP contribution in [-0.2, 0) is 10.2 Å². The van der Waals surface area contributed by atoms with Crippen LogP contribution < -0.4 is 5.32 Å². The second-order valence-electron chi connectivity index (χ2n) is 7.30. The van der Waals surface area contributed by atoms with E-state index in [9.17, 15) is 8.42 Å². The van der Waals surface area contributed by atoms with E-state index in [0.29, 0.717) is 32.1 Å². The van der Waals surface area contributed by atoms with Crippen molar-refractivity contribution in [1.82, 2.24) is 13.9 Å². The van der Waals surface area contributed by atoms with Crippen molar-refractivity contribution in [3.8, 4) is 0 Å². The molecule has 0 atom stereocenters. The monoisotopic (exact) mass is 317 g/mol. The lowest BCUT2D eigenvalue weighted by Gasteiger charge is -2.34. The Morgan fingerprint density at radius 3 is 2.33 bits per heavy atom. The molecule has 0 unspecified atom stereocenters. The molecule has 2 saturated heterocycles. The second kappa shape index (κ2) is 6.94. The van der Waals surface area contributed by atoms with Crippen molar-refractivity contribution in [3.05, 3.63) is 0 Å². The summed E-state index contributed by atoms with van der Waals surface area (Å²) in [7, 11) is -3.24. The van der Waals surface area contributed by atoms with E-state index < -0.39 is 10.2 Å². The summed E-state index contributed by atoms with van der Waals surface area (Å²) in [5.74, 6) is 0.623. The molecule has 0 aromatic rings. The summed E-state index contributed by atoms with van der Waals surface area (Å²) < 4.78 is 28.7. The van der Waals surface area contributed by atoms with Crippen molar-refractivity contribution in [1.29, 1.82) is 0 Å². The van der Waals surface area contributed by atoms with Crippen LogP contribution in [0.1, 0.15) is 46.5 Å². The van der Waals surface area contributed by atoms with Gasteiger partial charge in [0.05, 0.1) is 0 Å². The van der Waals surface area contributed by atoms with Crippen molar-refractivity contribution in [3.63, 3.8) is 0 Å². The van der Waals surface area contributed by atoms with Crippen molar-refractivity contribution in [2.45, 2.75) is 46.5 Å². The minimum Gasteiger partial charge on any atom is -0.316 e. The van der Waals surface area contributed by atoms with Gasteiger partial charge < -0.3 is 5.32 Å². The highest BCUT2D eigenvalue weighted by molar-refractivity contribution is 7.86. The molecule has 0 aromatic carbocycles. The predicted molar refractivity (Wildman–Crippen MR) is 86.3 cm³/mol. The van der Waals surface area contributed by atoms with Gasteiger partial charge in [-0.3, -0.25) is 0 Å². The zero-order chi connectivity index (χ0) is 15.5. The molecule has 2 fully saturated rings. The third-order valence-corrected chi connectivity index (χ3v) is 6.71. The Labute approximate surface area is 130 Å². The standard InChI is InChI=1S/C15H31N3O2S/c1-4-8-16-12-14-5-9-17(10-6-14)21(19,20)18-11-7-15(2,3)13-18/h14,16H,4-13H2,1-3H3. The lowest BCUT2D eigenvalue weighted by Crippen LogP contribution is -2.47. The molecule has 6 heteroatoms. The highest BCUT2D eigenvalue weighted by Gasteiger charge is 2.39. The number of nitrogens with one attached hydrogen (secondary N) is 1. The van der Waals surface area contributed by atoms with E-state index in [2.05, 4.69) is 26.1 Å². The van der Waals surface area contributed by atoms with E-state index in [1.807, 2.05) is 0 Å². The summed E-state index contributed by atoms with van der Waals surface area (Å²) in [5.41, 5.74) is 0.121. The molecule has 2 aliphatic rings. The van der Waals surface area contributed by atoms with Gasteiger partial charge in [0.1, 0.15) is 0 Å². The molecule has 5 nitrogen and oxygen atoms in total. The molecule has 0 bridgehead atoms. The molecule has 1 N–H and O–H groups in total. The van der Waals surface area contributed by atoms with E-state index in [0.717, 1.165) is 38.8 Å². The summed E-state index contributed by atoms with van der Waals surface area (Å²) >= 11 is 0. The fourth-order valence-corrected chi connectivity index (χ4v) is 5.08. The highest BCUT2D eigenvalue weighted by atomic mass is 32.2. The van der Waals surface area contributed by atoms with Crippen LogP contribution in [0.2, 0.25) is 0 Å². The molecule has 0 spiro atoms. The Balaban J connectivity index is 1.84. The van der Waals surface area contributed by atoms with Crippen LogP contribution in [0.25, 0.3) is 0 Å². The SMILES string of the molecule is CCCNCC1CCN(S(=O)(=O)N2CCC(C)(C)C2)CC1. The number of hydrogen-bond donors (Lipinski definition) is 1. The van der Waals surface area contributed by atoms with Gasteiger partial charge in [0.15, 0.2) is 0 Å². The molecule has 124 valence electrons. The molecule has 21 heavy (non-hydrogen) atoms. The maximum atomic E-state index is 12.7. The third-order valence-electron chi connectivity index (χ3n) is 4.73. The van der Waals surface area contributed by atoms with E-state index >= 15 is 0 Å². The van der Waals surface area contributed by atoms with Gasteiger partial charge in [-0.25, -0.2) is 0 Å². The molecule has 0 saturated carbocycles. The van der Waals surface area contributed by atoms with Gasteiger partial charge in [-0.2, -0.15) is 17.0 Å². The molecule has 0 aromatic heterocycles. The minimum absolute atomic E-state index is 0.121. The Kier molecular flexibility index (Phi) is 5.68. The third kappa shape index (κ3) is 4.41. The Morgan fingerprint density at radius 1 is 1.14 bits per heavy atom. The average molecular weight is 317 g/mol.